The zero-order valence-corrected chi connectivity index (χ0v) is 7.88. The summed E-state index contributed by atoms with van der Waals surface area (Å²) in [5.74, 6) is -0.422. The summed E-state index contributed by atoms with van der Waals surface area (Å²) in [5.41, 5.74) is 0.510. The summed E-state index contributed by atoms with van der Waals surface area (Å²) in [7, 11) is 0. The number of benzene rings is 1. The molecule has 1 atom stereocenters. The largest absolute Gasteiger partial charge is 0.394 e. The lowest BCUT2D eigenvalue weighted by Crippen LogP contribution is -2.33. The van der Waals surface area contributed by atoms with Gasteiger partial charge in [-0.25, -0.2) is 9.69 Å². The van der Waals surface area contributed by atoms with Crippen molar-refractivity contribution < 1.29 is 14.7 Å². The van der Waals surface area contributed by atoms with Crippen molar-refractivity contribution in [2.75, 3.05) is 11.5 Å². The molecule has 1 aromatic rings. The van der Waals surface area contributed by atoms with E-state index in [0.717, 1.165) is 4.90 Å². The number of rotatable bonds is 2. The van der Waals surface area contributed by atoms with Gasteiger partial charge in [-0.2, -0.15) is 0 Å². The molecule has 2 rings (SSSR count). The topological polar surface area (TPSA) is 69.6 Å². The molecule has 1 aliphatic heterocycles. The van der Waals surface area contributed by atoms with Crippen LogP contribution in [0.15, 0.2) is 30.3 Å². The van der Waals surface area contributed by atoms with E-state index in [1.54, 1.807) is 30.3 Å². The summed E-state index contributed by atoms with van der Waals surface area (Å²) in [6.07, 6.45) is 0. The van der Waals surface area contributed by atoms with Gasteiger partial charge in [0.2, 0.25) is 0 Å². The molecule has 1 aliphatic rings. The highest BCUT2D eigenvalue weighted by Gasteiger charge is 2.38. The summed E-state index contributed by atoms with van der Waals surface area (Å²) >= 11 is 0. The van der Waals surface area contributed by atoms with E-state index in [4.69, 9.17) is 5.11 Å². The second-order valence-electron chi connectivity index (χ2n) is 3.19. The van der Waals surface area contributed by atoms with Crippen LogP contribution in [0.2, 0.25) is 0 Å². The molecule has 0 saturated carbocycles. The van der Waals surface area contributed by atoms with Gasteiger partial charge < -0.3 is 10.4 Å². The van der Waals surface area contributed by atoms with Crippen LogP contribution in [0, 0.1) is 0 Å². The summed E-state index contributed by atoms with van der Waals surface area (Å²) in [5, 5.41) is 11.2. The summed E-state index contributed by atoms with van der Waals surface area (Å²) in [4.78, 5) is 24.1. The van der Waals surface area contributed by atoms with Crippen LogP contribution in [-0.4, -0.2) is 29.7 Å². The van der Waals surface area contributed by atoms with Gasteiger partial charge in [0.15, 0.2) is 0 Å². The maximum Gasteiger partial charge on any atom is 0.329 e. The monoisotopic (exact) mass is 206 g/mol. The van der Waals surface area contributed by atoms with Crippen molar-refractivity contribution in [1.29, 1.82) is 0 Å². The first kappa shape index (κ1) is 9.67. The second-order valence-corrected chi connectivity index (χ2v) is 3.19. The van der Waals surface area contributed by atoms with Crippen LogP contribution >= 0.6 is 0 Å². The molecule has 0 spiro atoms. The fraction of sp³-hybridized carbons (Fsp3) is 0.200. The van der Waals surface area contributed by atoms with Crippen LogP contribution in [0.4, 0.5) is 10.5 Å². The standard InChI is InChI=1S/C10H10N2O3/c13-6-8-9(14)12(10(15)11-8)7-4-2-1-3-5-7/h1-5,8,13H,6H2,(H,11,15)/t8-/m1/s1. The number of urea groups is 1. The highest BCUT2D eigenvalue weighted by atomic mass is 16.3. The molecule has 5 heteroatoms. The maximum atomic E-state index is 11.6. The Bertz CT molecular complexity index is 391. The van der Waals surface area contributed by atoms with Crippen molar-refractivity contribution in [3.8, 4) is 0 Å². The summed E-state index contributed by atoms with van der Waals surface area (Å²) in [6.45, 7) is -0.381. The van der Waals surface area contributed by atoms with Gasteiger partial charge in [-0.05, 0) is 12.1 Å². The van der Waals surface area contributed by atoms with Crippen LogP contribution in [0.25, 0.3) is 0 Å². The number of imide groups is 1. The summed E-state index contributed by atoms with van der Waals surface area (Å²) in [6, 6.07) is 7.28. The number of aliphatic hydroxyl groups excluding tert-OH is 1. The molecule has 78 valence electrons. The van der Waals surface area contributed by atoms with E-state index < -0.39 is 18.0 Å². The van der Waals surface area contributed by atoms with Gasteiger partial charge >= 0.3 is 6.03 Å². The lowest BCUT2D eigenvalue weighted by molar-refractivity contribution is -0.119. The van der Waals surface area contributed by atoms with Crippen molar-refractivity contribution >= 4 is 17.6 Å². The number of carbonyl (C=O) groups is 2. The van der Waals surface area contributed by atoms with Crippen molar-refractivity contribution in [3.05, 3.63) is 30.3 Å². The second kappa shape index (κ2) is 3.70. The molecule has 0 bridgehead atoms. The number of carbonyl (C=O) groups excluding carboxylic acids is 2. The number of para-hydroxylation sites is 1. The van der Waals surface area contributed by atoms with Crippen molar-refractivity contribution in [3.63, 3.8) is 0 Å². The van der Waals surface area contributed by atoms with Crippen LogP contribution in [0.5, 0.6) is 0 Å². The third-order valence-corrected chi connectivity index (χ3v) is 2.22. The van der Waals surface area contributed by atoms with E-state index in [0.29, 0.717) is 5.69 Å². The normalized spacial score (nSPS) is 20.6. The minimum absolute atomic E-state index is 0.381. The third kappa shape index (κ3) is 1.57. The number of hydrogen-bond acceptors (Lipinski definition) is 3. The van der Waals surface area contributed by atoms with Crippen molar-refractivity contribution in [1.82, 2.24) is 5.32 Å². The quantitative estimate of drug-likeness (QED) is 0.674. The maximum absolute atomic E-state index is 11.6. The van der Waals surface area contributed by atoms with Crippen molar-refractivity contribution in [2.45, 2.75) is 6.04 Å². The SMILES string of the molecule is O=C1N[C@H](CO)C(=O)N1c1ccccc1. The number of nitrogens with one attached hydrogen (secondary N) is 1. The first-order chi connectivity index (χ1) is 7.24. The molecule has 1 aromatic carbocycles. The Balaban J connectivity index is 2.31. The Morgan fingerprint density at radius 3 is 2.47 bits per heavy atom. The Kier molecular flexibility index (Phi) is 2.39. The van der Waals surface area contributed by atoms with Gasteiger partial charge in [0.1, 0.15) is 6.04 Å². The number of amides is 3. The fourth-order valence-electron chi connectivity index (χ4n) is 1.48. The lowest BCUT2D eigenvalue weighted by atomic mass is 10.2. The van der Waals surface area contributed by atoms with E-state index in [9.17, 15) is 9.59 Å². The molecule has 0 aliphatic carbocycles. The van der Waals surface area contributed by atoms with E-state index in [1.807, 2.05) is 0 Å². The fourth-order valence-corrected chi connectivity index (χ4v) is 1.48. The molecule has 3 amide bonds. The first-order valence-electron chi connectivity index (χ1n) is 4.54. The molecule has 1 saturated heterocycles. The van der Waals surface area contributed by atoms with E-state index in [2.05, 4.69) is 5.32 Å². The average Bonchev–Trinajstić information content (AvgIpc) is 2.55. The molecular formula is C10H10N2O3. The Morgan fingerprint density at radius 2 is 1.93 bits per heavy atom. The van der Waals surface area contributed by atoms with Gasteiger partial charge in [-0.1, -0.05) is 18.2 Å². The molecule has 5 nitrogen and oxygen atoms in total. The number of hydrogen-bond donors (Lipinski definition) is 2. The number of anilines is 1. The molecule has 15 heavy (non-hydrogen) atoms. The smallest absolute Gasteiger partial charge is 0.329 e. The van der Waals surface area contributed by atoms with Crippen molar-refractivity contribution in [2.24, 2.45) is 0 Å². The van der Waals surface area contributed by atoms with Crippen LogP contribution in [0.1, 0.15) is 0 Å². The van der Waals surface area contributed by atoms with E-state index in [-0.39, 0.29) is 6.61 Å². The minimum Gasteiger partial charge on any atom is -0.394 e. The Labute approximate surface area is 86.3 Å². The van der Waals surface area contributed by atoms with Gasteiger partial charge in [-0.3, -0.25) is 4.79 Å². The molecule has 1 fully saturated rings. The minimum atomic E-state index is -0.822. The Hall–Kier alpha value is -1.88. The third-order valence-electron chi connectivity index (χ3n) is 2.22. The lowest BCUT2D eigenvalue weighted by Gasteiger charge is -2.11. The van der Waals surface area contributed by atoms with Gasteiger partial charge in [0.05, 0.1) is 12.3 Å². The molecular weight excluding hydrogens is 196 g/mol. The number of aliphatic hydroxyl groups is 1. The van der Waals surface area contributed by atoms with Gasteiger partial charge in [0.25, 0.3) is 5.91 Å². The number of nitrogens with zero attached hydrogens (tertiary/aromatic N) is 1. The van der Waals surface area contributed by atoms with E-state index >= 15 is 0 Å². The van der Waals surface area contributed by atoms with Gasteiger partial charge in [-0.15, -0.1) is 0 Å². The first-order valence-corrected chi connectivity index (χ1v) is 4.54. The highest BCUT2D eigenvalue weighted by molar-refractivity contribution is 6.21. The Morgan fingerprint density at radius 1 is 1.27 bits per heavy atom. The average molecular weight is 206 g/mol. The highest BCUT2D eigenvalue weighted by Crippen LogP contribution is 2.18. The molecule has 0 aromatic heterocycles. The van der Waals surface area contributed by atoms with Crippen LogP contribution in [0.3, 0.4) is 0 Å². The van der Waals surface area contributed by atoms with Crippen LogP contribution in [-0.2, 0) is 4.79 Å². The van der Waals surface area contributed by atoms with Gasteiger partial charge in [0, 0.05) is 0 Å². The molecule has 2 N–H and O–H groups in total. The zero-order chi connectivity index (χ0) is 10.8. The predicted molar refractivity (Wildman–Crippen MR) is 53.3 cm³/mol. The van der Waals surface area contributed by atoms with Crippen LogP contribution < -0.4 is 10.2 Å². The molecule has 1 heterocycles. The predicted octanol–water partition coefficient (Wildman–Crippen LogP) is 0.104. The zero-order valence-electron chi connectivity index (χ0n) is 7.88. The summed E-state index contributed by atoms with van der Waals surface area (Å²) < 4.78 is 0. The van der Waals surface area contributed by atoms with E-state index in [1.165, 1.54) is 0 Å². The molecule has 0 radical (unpaired) electrons. The molecule has 0 unspecified atom stereocenters.